The third-order valence-corrected chi connectivity index (χ3v) is 3.18. The third kappa shape index (κ3) is 1.53. The zero-order chi connectivity index (χ0) is 10.3. The average molecular weight is 258 g/mol. The molecule has 0 spiro atoms. The first kappa shape index (κ1) is 9.93. The van der Waals surface area contributed by atoms with Crippen LogP contribution in [0.25, 0.3) is 0 Å². The number of hydrogen-bond acceptors (Lipinski definition) is 2. The number of aliphatic hydroxyl groups excluding tert-OH is 1. The van der Waals surface area contributed by atoms with Gasteiger partial charge in [-0.25, -0.2) is 0 Å². The molecule has 76 valence electrons. The fraction of sp³-hybridized carbons (Fsp3) is 0.500. The van der Waals surface area contributed by atoms with E-state index in [1.807, 2.05) is 0 Å². The molecular formula is C10H12BrNO2. The second-order valence-corrected chi connectivity index (χ2v) is 4.68. The molecule has 0 aromatic carbocycles. The van der Waals surface area contributed by atoms with Gasteiger partial charge in [-0.1, -0.05) is 0 Å². The lowest BCUT2D eigenvalue weighted by atomic mass is 9.89. The molecule has 0 saturated heterocycles. The van der Waals surface area contributed by atoms with E-state index in [2.05, 4.69) is 15.9 Å². The highest BCUT2D eigenvalue weighted by Crippen LogP contribution is 2.31. The van der Waals surface area contributed by atoms with Gasteiger partial charge in [-0.15, -0.1) is 0 Å². The summed E-state index contributed by atoms with van der Waals surface area (Å²) in [5.74, 6) is 0. The van der Waals surface area contributed by atoms with Crippen LogP contribution in [0.5, 0.6) is 0 Å². The van der Waals surface area contributed by atoms with Gasteiger partial charge >= 0.3 is 0 Å². The average Bonchev–Trinajstić information content (AvgIpc) is 2.11. The van der Waals surface area contributed by atoms with Crippen molar-refractivity contribution in [2.75, 3.05) is 0 Å². The predicted molar refractivity (Wildman–Crippen MR) is 57.4 cm³/mol. The summed E-state index contributed by atoms with van der Waals surface area (Å²) in [5, 5.41) is 9.49. The molecule has 2 rings (SSSR count). The van der Waals surface area contributed by atoms with Crippen LogP contribution in [0.2, 0.25) is 0 Å². The van der Waals surface area contributed by atoms with Crippen LogP contribution in [0, 0.1) is 6.92 Å². The predicted octanol–water partition coefficient (Wildman–Crippen LogP) is 1.62. The van der Waals surface area contributed by atoms with Crippen LogP contribution in [-0.4, -0.2) is 15.8 Å². The summed E-state index contributed by atoms with van der Waals surface area (Å²) in [6.45, 7) is 1.79. The van der Waals surface area contributed by atoms with E-state index >= 15 is 0 Å². The number of hydrogen-bond donors (Lipinski definition) is 1. The van der Waals surface area contributed by atoms with Crippen molar-refractivity contribution in [3.05, 3.63) is 32.7 Å². The quantitative estimate of drug-likeness (QED) is 0.831. The molecule has 0 unspecified atom stereocenters. The summed E-state index contributed by atoms with van der Waals surface area (Å²) in [4.78, 5) is 11.7. The molecular weight excluding hydrogens is 246 g/mol. The summed E-state index contributed by atoms with van der Waals surface area (Å²) in [5.41, 5.74) is 0.704. The van der Waals surface area contributed by atoms with Gasteiger partial charge in [0.15, 0.2) is 0 Å². The van der Waals surface area contributed by atoms with E-state index in [1.54, 1.807) is 23.8 Å². The Labute approximate surface area is 90.5 Å². The lowest BCUT2D eigenvalue weighted by Gasteiger charge is -2.34. The minimum absolute atomic E-state index is 0.00282. The van der Waals surface area contributed by atoms with Gasteiger partial charge in [-0.05, 0) is 41.8 Å². The second-order valence-electron chi connectivity index (χ2n) is 3.77. The minimum atomic E-state index is -0.360. The van der Waals surface area contributed by atoms with Crippen molar-refractivity contribution >= 4 is 15.9 Å². The SMILES string of the molecule is Cc1cc(Br)cn([C@@H]2CC[C@H]2O)c1=O. The Balaban J connectivity index is 2.47. The van der Waals surface area contributed by atoms with Crippen molar-refractivity contribution in [2.45, 2.75) is 31.9 Å². The van der Waals surface area contributed by atoms with E-state index in [0.717, 1.165) is 17.3 Å². The molecule has 1 aliphatic rings. The molecule has 1 aliphatic carbocycles. The zero-order valence-corrected chi connectivity index (χ0v) is 9.49. The normalized spacial score (nSPS) is 25.9. The van der Waals surface area contributed by atoms with Crippen LogP contribution in [-0.2, 0) is 0 Å². The van der Waals surface area contributed by atoms with E-state index in [9.17, 15) is 9.90 Å². The van der Waals surface area contributed by atoms with Gasteiger partial charge in [0.25, 0.3) is 5.56 Å². The van der Waals surface area contributed by atoms with Crippen LogP contribution < -0.4 is 5.56 Å². The van der Waals surface area contributed by atoms with Gasteiger partial charge in [0.2, 0.25) is 0 Å². The number of aromatic nitrogens is 1. The molecule has 0 radical (unpaired) electrons. The van der Waals surface area contributed by atoms with Crippen LogP contribution in [0.3, 0.4) is 0 Å². The van der Waals surface area contributed by atoms with E-state index in [-0.39, 0.29) is 17.7 Å². The van der Waals surface area contributed by atoms with Gasteiger partial charge in [0, 0.05) is 16.2 Å². The van der Waals surface area contributed by atoms with Crippen molar-refractivity contribution in [3.63, 3.8) is 0 Å². The van der Waals surface area contributed by atoms with Gasteiger partial charge in [0.05, 0.1) is 12.1 Å². The first-order chi connectivity index (χ1) is 6.59. The first-order valence-corrected chi connectivity index (χ1v) is 5.45. The summed E-state index contributed by atoms with van der Waals surface area (Å²) in [6.07, 6.45) is 3.07. The van der Waals surface area contributed by atoms with Crippen molar-refractivity contribution in [1.29, 1.82) is 0 Å². The molecule has 4 heteroatoms. The Morgan fingerprint density at radius 3 is 2.79 bits per heavy atom. The number of aryl methyl sites for hydroxylation is 1. The van der Waals surface area contributed by atoms with E-state index in [4.69, 9.17) is 0 Å². The van der Waals surface area contributed by atoms with Crippen molar-refractivity contribution in [1.82, 2.24) is 4.57 Å². The molecule has 2 atom stereocenters. The smallest absolute Gasteiger partial charge is 0.253 e. The van der Waals surface area contributed by atoms with Gasteiger partial charge in [0.1, 0.15) is 0 Å². The van der Waals surface area contributed by atoms with Crippen LogP contribution >= 0.6 is 15.9 Å². The summed E-state index contributed by atoms with van der Waals surface area (Å²) >= 11 is 3.35. The highest BCUT2D eigenvalue weighted by molar-refractivity contribution is 9.10. The molecule has 1 aromatic heterocycles. The molecule has 1 saturated carbocycles. The molecule has 3 nitrogen and oxygen atoms in total. The highest BCUT2D eigenvalue weighted by Gasteiger charge is 2.31. The van der Waals surface area contributed by atoms with Crippen molar-refractivity contribution < 1.29 is 5.11 Å². The van der Waals surface area contributed by atoms with Crippen LogP contribution in [0.4, 0.5) is 0 Å². The topological polar surface area (TPSA) is 42.2 Å². The lowest BCUT2D eigenvalue weighted by molar-refractivity contribution is 0.0297. The number of rotatable bonds is 1. The Bertz CT molecular complexity index is 413. The molecule has 0 aliphatic heterocycles. The molecule has 1 N–H and O–H groups in total. The summed E-state index contributed by atoms with van der Waals surface area (Å²) in [6, 6.07) is 1.77. The minimum Gasteiger partial charge on any atom is -0.391 e. The standard InChI is InChI=1S/C10H12BrNO2/c1-6-4-7(11)5-12(10(6)14)8-2-3-9(8)13/h4-5,8-9,13H,2-3H2,1H3/t8-,9-/m1/s1. The second kappa shape index (κ2) is 3.51. The lowest BCUT2D eigenvalue weighted by Crippen LogP contribution is -2.39. The third-order valence-electron chi connectivity index (χ3n) is 2.75. The molecule has 1 heterocycles. The maximum atomic E-state index is 11.7. The Morgan fingerprint density at radius 2 is 2.29 bits per heavy atom. The monoisotopic (exact) mass is 257 g/mol. The van der Waals surface area contributed by atoms with E-state index < -0.39 is 0 Å². The number of halogens is 1. The molecule has 0 amide bonds. The fourth-order valence-corrected chi connectivity index (χ4v) is 2.30. The number of aliphatic hydroxyl groups is 1. The summed E-state index contributed by atoms with van der Waals surface area (Å²) in [7, 11) is 0. The largest absolute Gasteiger partial charge is 0.391 e. The van der Waals surface area contributed by atoms with Crippen molar-refractivity contribution in [2.24, 2.45) is 0 Å². The van der Waals surface area contributed by atoms with Gasteiger partial charge in [-0.3, -0.25) is 4.79 Å². The maximum absolute atomic E-state index is 11.7. The number of pyridine rings is 1. The maximum Gasteiger partial charge on any atom is 0.253 e. The Hall–Kier alpha value is -0.610. The first-order valence-electron chi connectivity index (χ1n) is 4.66. The zero-order valence-electron chi connectivity index (χ0n) is 7.90. The Morgan fingerprint density at radius 1 is 1.57 bits per heavy atom. The molecule has 14 heavy (non-hydrogen) atoms. The number of nitrogens with zero attached hydrogens (tertiary/aromatic N) is 1. The fourth-order valence-electron chi connectivity index (χ4n) is 1.74. The van der Waals surface area contributed by atoms with Gasteiger partial charge < -0.3 is 9.67 Å². The highest BCUT2D eigenvalue weighted by atomic mass is 79.9. The summed E-state index contributed by atoms with van der Waals surface area (Å²) < 4.78 is 2.52. The van der Waals surface area contributed by atoms with Crippen molar-refractivity contribution in [3.8, 4) is 0 Å². The van der Waals surface area contributed by atoms with Crippen LogP contribution in [0.15, 0.2) is 21.5 Å². The molecule has 0 bridgehead atoms. The molecule has 1 fully saturated rings. The molecule has 1 aromatic rings. The van der Waals surface area contributed by atoms with E-state index in [1.165, 1.54) is 0 Å². The van der Waals surface area contributed by atoms with E-state index in [0.29, 0.717) is 5.56 Å². The van der Waals surface area contributed by atoms with Gasteiger partial charge in [-0.2, -0.15) is 0 Å². The Kier molecular flexibility index (Phi) is 2.49. The van der Waals surface area contributed by atoms with Crippen LogP contribution in [0.1, 0.15) is 24.4 Å².